The minimum absolute atomic E-state index is 0.00733. The van der Waals surface area contributed by atoms with Gasteiger partial charge in [-0.3, -0.25) is 4.79 Å². The maximum Gasteiger partial charge on any atom is 0.257 e. The quantitative estimate of drug-likeness (QED) is 0.788. The number of nitrogen functional groups attached to an aromatic ring is 1. The fourth-order valence-corrected chi connectivity index (χ4v) is 2.48. The van der Waals surface area contributed by atoms with Gasteiger partial charge in [-0.1, -0.05) is 34.8 Å². The summed E-state index contributed by atoms with van der Waals surface area (Å²) >= 11 is 17.7. The summed E-state index contributed by atoms with van der Waals surface area (Å²) in [4.78, 5) is 12.1. The highest BCUT2D eigenvalue weighted by molar-refractivity contribution is 6.42. The molecule has 0 bridgehead atoms. The number of carbonyl (C=O) groups excluding carboxylic acids is 1. The van der Waals surface area contributed by atoms with Gasteiger partial charge in [0, 0.05) is 10.7 Å². The first-order valence-electron chi connectivity index (χ1n) is 5.39. The number of benzene rings is 2. The van der Waals surface area contributed by atoms with Crippen molar-refractivity contribution in [2.45, 2.75) is 0 Å². The summed E-state index contributed by atoms with van der Waals surface area (Å²) in [5.74, 6) is -1.19. The molecule has 0 aliphatic rings. The standard InChI is InChI=1S/C13H8Cl3FN2O/c14-6-3-9(15)12(10(16)4-6)19-13(20)8-5-7(17)1-2-11(8)18/h1-5H,18H2,(H,19,20). The smallest absolute Gasteiger partial charge is 0.257 e. The summed E-state index contributed by atoms with van der Waals surface area (Å²) in [6.45, 7) is 0. The number of hydrogen-bond donors (Lipinski definition) is 2. The van der Waals surface area contributed by atoms with Gasteiger partial charge >= 0.3 is 0 Å². The molecule has 0 aliphatic carbocycles. The normalized spacial score (nSPS) is 10.4. The van der Waals surface area contributed by atoms with Crippen LogP contribution in [0.5, 0.6) is 0 Å². The Kier molecular flexibility index (Phi) is 4.38. The van der Waals surface area contributed by atoms with Crippen molar-refractivity contribution in [3.05, 3.63) is 56.8 Å². The number of hydrogen-bond acceptors (Lipinski definition) is 2. The van der Waals surface area contributed by atoms with Crippen molar-refractivity contribution < 1.29 is 9.18 Å². The van der Waals surface area contributed by atoms with Crippen LogP contribution in [-0.2, 0) is 0 Å². The molecule has 0 saturated carbocycles. The van der Waals surface area contributed by atoms with Crippen LogP contribution in [0.25, 0.3) is 0 Å². The molecule has 104 valence electrons. The lowest BCUT2D eigenvalue weighted by Gasteiger charge is -2.11. The first kappa shape index (κ1) is 14.9. The van der Waals surface area contributed by atoms with Crippen LogP contribution in [0, 0.1) is 5.82 Å². The van der Waals surface area contributed by atoms with Crippen molar-refractivity contribution in [3.63, 3.8) is 0 Å². The molecule has 0 atom stereocenters. The van der Waals surface area contributed by atoms with Crippen molar-refractivity contribution in [3.8, 4) is 0 Å². The Morgan fingerprint density at radius 2 is 1.70 bits per heavy atom. The Morgan fingerprint density at radius 1 is 1.10 bits per heavy atom. The van der Waals surface area contributed by atoms with Crippen LogP contribution in [-0.4, -0.2) is 5.91 Å². The molecule has 2 aromatic rings. The monoisotopic (exact) mass is 332 g/mol. The van der Waals surface area contributed by atoms with E-state index in [1.54, 1.807) is 0 Å². The van der Waals surface area contributed by atoms with Crippen LogP contribution < -0.4 is 11.1 Å². The van der Waals surface area contributed by atoms with Crippen LogP contribution in [0.3, 0.4) is 0 Å². The molecular formula is C13H8Cl3FN2O. The first-order valence-corrected chi connectivity index (χ1v) is 6.53. The zero-order valence-electron chi connectivity index (χ0n) is 9.88. The molecule has 0 aliphatic heterocycles. The topological polar surface area (TPSA) is 55.1 Å². The highest BCUT2D eigenvalue weighted by Crippen LogP contribution is 2.34. The molecule has 0 fully saturated rings. The van der Waals surface area contributed by atoms with Gasteiger partial charge in [0.05, 0.1) is 21.3 Å². The van der Waals surface area contributed by atoms with Gasteiger partial charge in [-0.25, -0.2) is 4.39 Å². The third-order valence-corrected chi connectivity index (χ3v) is 3.32. The van der Waals surface area contributed by atoms with E-state index in [4.69, 9.17) is 40.5 Å². The average Bonchev–Trinajstić information content (AvgIpc) is 2.36. The third kappa shape index (κ3) is 3.15. The Bertz CT molecular complexity index is 668. The minimum Gasteiger partial charge on any atom is -0.398 e. The molecular weight excluding hydrogens is 326 g/mol. The van der Waals surface area contributed by atoms with E-state index in [1.807, 2.05) is 0 Å². The van der Waals surface area contributed by atoms with Gasteiger partial charge < -0.3 is 11.1 Å². The second kappa shape index (κ2) is 5.87. The minimum atomic E-state index is -0.617. The lowest BCUT2D eigenvalue weighted by atomic mass is 10.1. The molecule has 0 saturated heterocycles. The highest BCUT2D eigenvalue weighted by Gasteiger charge is 2.15. The molecule has 3 N–H and O–H groups in total. The zero-order valence-corrected chi connectivity index (χ0v) is 12.2. The average molecular weight is 334 g/mol. The molecule has 0 spiro atoms. The van der Waals surface area contributed by atoms with Crippen LogP contribution in [0.1, 0.15) is 10.4 Å². The maximum absolute atomic E-state index is 13.2. The number of amides is 1. The zero-order chi connectivity index (χ0) is 14.9. The van der Waals surface area contributed by atoms with Crippen LogP contribution in [0.2, 0.25) is 15.1 Å². The van der Waals surface area contributed by atoms with E-state index in [-0.39, 0.29) is 27.0 Å². The van der Waals surface area contributed by atoms with Gasteiger partial charge in [0.15, 0.2) is 0 Å². The maximum atomic E-state index is 13.2. The molecule has 0 radical (unpaired) electrons. The van der Waals surface area contributed by atoms with Crippen LogP contribution in [0.4, 0.5) is 15.8 Å². The van der Waals surface area contributed by atoms with Crippen LogP contribution in [0.15, 0.2) is 30.3 Å². The number of carbonyl (C=O) groups is 1. The number of nitrogens with two attached hydrogens (primary N) is 1. The summed E-state index contributed by atoms with van der Waals surface area (Å²) in [6.07, 6.45) is 0. The highest BCUT2D eigenvalue weighted by atomic mass is 35.5. The van der Waals surface area contributed by atoms with Crippen molar-refractivity contribution in [2.75, 3.05) is 11.1 Å². The number of rotatable bonds is 2. The van der Waals surface area contributed by atoms with E-state index >= 15 is 0 Å². The second-order valence-corrected chi connectivity index (χ2v) is 5.18. The fourth-order valence-electron chi connectivity index (χ4n) is 1.57. The number of anilines is 2. The van der Waals surface area contributed by atoms with Gasteiger partial charge in [-0.2, -0.15) is 0 Å². The molecule has 3 nitrogen and oxygen atoms in total. The predicted octanol–water partition coefficient (Wildman–Crippen LogP) is 4.62. The van der Waals surface area contributed by atoms with Crippen molar-refractivity contribution >= 4 is 52.1 Å². The van der Waals surface area contributed by atoms with Crippen molar-refractivity contribution in [2.24, 2.45) is 0 Å². The lowest BCUT2D eigenvalue weighted by Crippen LogP contribution is -2.15. The molecule has 20 heavy (non-hydrogen) atoms. The lowest BCUT2D eigenvalue weighted by molar-refractivity contribution is 0.102. The summed E-state index contributed by atoms with van der Waals surface area (Å²) in [6, 6.07) is 6.35. The number of halogens is 4. The van der Waals surface area contributed by atoms with Gasteiger partial charge in [-0.05, 0) is 30.3 Å². The summed E-state index contributed by atoms with van der Waals surface area (Å²) in [5, 5.41) is 3.16. The Labute approximate surface area is 129 Å². The van der Waals surface area contributed by atoms with Crippen LogP contribution >= 0.6 is 34.8 Å². The Balaban J connectivity index is 2.35. The third-order valence-electron chi connectivity index (χ3n) is 2.51. The molecule has 0 heterocycles. The van der Waals surface area contributed by atoms with Crippen molar-refractivity contribution in [1.82, 2.24) is 0 Å². The molecule has 2 aromatic carbocycles. The van der Waals surface area contributed by atoms with E-state index in [1.165, 1.54) is 18.2 Å². The van der Waals surface area contributed by atoms with E-state index in [0.29, 0.717) is 5.02 Å². The molecule has 0 aromatic heterocycles. The first-order chi connectivity index (χ1) is 9.38. The second-order valence-electron chi connectivity index (χ2n) is 3.93. The van der Waals surface area contributed by atoms with E-state index < -0.39 is 11.7 Å². The molecule has 7 heteroatoms. The van der Waals surface area contributed by atoms with E-state index in [9.17, 15) is 9.18 Å². The SMILES string of the molecule is Nc1ccc(F)cc1C(=O)Nc1c(Cl)cc(Cl)cc1Cl. The molecule has 1 amide bonds. The fraction of sp³-hybridized carbons (Fsp3) is 0. The largest absolute Gasteiger partial charge is 0.398 e. The van der Waals surface area contributed by atoms with Gasteiger partial charge in [0.1, 0.15) is 5.82 Å². The molecule has 2 rings (SSSR count). The Hall–Kier alpha value is -1.49. The van der Waals surface area contributed by atoms with Gasteiger partial charge in [0.25, 0.3) is 5.91 Å². The summed E-state index contributed by atoms with van der Waals surface area (Å²) in [5.41, 5.74) is 5.95. The van der Waals surface area contributed by atoms with Gasteiger partial charge in [0.2, 0.25) is 0 Å². The number of nitrogens with one attached hydrogen (secondary N) is 1. The Morgan fingerprint density at radius 3 is 2.30 bits per heavy atom. The predicted molar refractivity (Wildman–Crippen MR) is 80.2 cm³/mol. The van der Waals surface area contributed by atoms with E-state index in [2.05, 4.69) is 5.32 Å². The van der Waals surface area contributed by atoms with Gasteiger partial charge in [-0.15, -0.1) is 0 Å². The summed E-state index contributed by atoms with van der Waals surface area (Å²) in [7, 11) is 0. The molecule has 0 unspecified atom stereocenters. The summed E-state index contributed by atoms with van der Waals surface area (Å²) < 4.78 is 13.2. The van der Waals surface area contributed by atoms with E-state index in [0.717, 1.165) is 12.1 Å². The van der Waals surface area contributed by atoms with Crippen molar-refractivity contribution in [1.29, 1.82) is 0 Å².